The molecule has 0 unspecified atom stereocenters. The van der Waals surface area contributed by atoms with Crippen LogP contribution < -0.4 is 4.72 Å². The molecule has 0 radical (unpaired) electrons. The zero-order chi connectivity index (χ0) is 14.8. The number of phenols is 1. The molecule has 8 heteroatoms. The second-order valence-electron chi connectivity index (χ2n) is 3.85. The topological polar surface area (TPSA) is 117 Å². The number of anilines is 1. The number of pyridine rings is 1. The van der Waals surface area contributed by atoms with Gasteiger partial charge in [0.2, 0.25) is 0 Å². The van der Waals surface area contributed by atoms with Gasteiger partial charge in [0, 0.05) is 12.3 Å². The van der Waals surface area contributed by atoms with E-state index >= 15 is 0 Å². The molecule has 1 aromatic heterocycles. The molecule has 0 aliphatic heterocycles. The Balaban J connectivity index is 2.28. The smallest absolute Gasteiger partial charge is 0.337 e. The summed E-state index contributed by atoms with van der Waals surface area (Å²) in [5.74, 6) is -1.28. The number of sulfonamides is 1. The van der Waals surface area contributed by atoms with Crippen LogP contribution in [0.4, 0.5) is 5.69 Å². The van der Waals surface area contributed by atoms with Gasteiger partial charge in [-0.05, 0) is 24.3 Å². The van der Waals surface area contributed by atoms with E-state index < -0.39 is 16.0 Å². The van der Waals surface area contributed by atoms with Crippen molar-refractivity contribution < 1.29 is 23.4 Å². The van der Waals surface area contributed by atoms with Crippen molar-refractivity contribution in [2.45, 2.75) is 5.03 Å². The molecular weight excluding hydrogens is 284 g/mol. The Bertz CT molecular complexity index is 741. The van der Waals surface area contributed by atoms with Gasteiger partial charge in [0.05, 0.1) is 11.3 Å². The number of rotatable bonds is 4. The first-order valence-electron chi connectivity index (χ1n) is 5.40. The fourth-order valence-electron chi connectivity index (χ4n) is 1.44. The van der Waals surface area contributed by atoms with E-state index in [2.05, 4.69) is 9.71 Å². The van der Waals surface area contributed by atoms with Crippen molar-refractivity contribution in [2.24, 2.45) is 0 Å². The van der Waals surface area contributed by atoms with Gasteiger partial charge >= 0.3 is 5.97 Å². The minimum Gasteiger partial charge on any atom is -0.508 e. The number of phenolic OH excluding ortho intramolecular Hbond substituents is 1. The standard InChI is InChI=1S/C12H10N2O5S/c15-10-3-1-2-9(6-10)14-20(18,19)11-5-4-8(7-13-11)12(16)17/h1-7,14-15H,(H,16,17). The summed E-state index contributed by atoms with van der Waals surface area (Å²) in [6.45, 7) is 0. The van der Waals surface area contributed by atoms with Gasteiger partial charge in [-0.2, -0.15) is 8.42 Å². The lowest BCUT2D eigenvalue weighted by atomic mass is 10.3. The van der Waals surface area contributed by atoms with Gasteiger partial charge in [-0.15, -0.1) is 0 Å². The summed E-state index contributed by atoms with van der Waals surface area (Å²) in [4.78, 5) is 14.3. The van der Waals surface area contributed by atoms with E-state index in [0.717, 1.165) is 18.3 Å². The van der Waals surface area contributed by atoms with Crippen molar-refractivity contribution >= 4 is 21.7 Å². The van der Waals surface area contributed by atoms with Crippen molar-refractivity contribution in [3.63, 3.8) is 0 Å². The summed E-state index contributed by atoms with van der Waals surface area (Å²) in [6.07, 6.45) is 0.958. The van der Waals surface area contributed by atoms with Crippen molar-refractivity contribution in [3.8, 4) is 5.75 Å². The molecular formula is C12H10N2O5S. The molecule has 7 nitrogen and oxygen atoms in total. The average molecular weight is 294 g/mol. The largest absolute Gasteiger partial charge is 0.508 e. The quantitative estimate of drug-likeness (QED) is 0.782. The van der Waals surface area contributed by atoms with Crippen LogP contribution in [0.1, 0.15) is 10.4 Å². The van der Waals surface area contributed by atoms with Crippen LogP contribution in [0.15, 0.2) is 47.6 Å². The van der Waals surface area contributed by atoms with Crippen LogP contribution in [0.25, 0.3) is 0 Å². The summed E-state index contributed by atoms with van der Waals surface area (Å²) in [5.41, 5.74) is 0.0652. The number of aromatic carboxylic acids is 1. The lowest BCUT2D eigenvalue weighted by Crippen LogP contribution is -2.14. The third kappa shape index (κ3) is 3.04. The molecule has 20 heavy (non-hydrogen) atoms. The fraction of sp³-hybridized carbons (Fsp3) is 0. The van der Waals surface area contributed by atoms with E-state index in [1.54, 1.807) is 0 Å². The first-order valence-corrected chi connectivity index (χ1v) is 6.88. The highest BCUT2D eigenvalue weighted by atomic mass is 32.2. The summed E-state index contributed by atoms with van der Waals surface area (Å²) in [7, 11) is -3.94. The maximum absolute atomic E-state index is 12.0. The molecule has 0 saturated heterocycles. The Morgan fingerprint density at radius 3 is 2.50 bits per heavy atom. The molecule has 2 aromatic rings. The van der Waals surface area contributed by atoms with E-state index in [4.69, 9.17) is 5.11 Å². The summed E-state index contributed by atoms with van der Waals surface area (Å²) in [5, 5.41) is 17.7. The van der Waals surface area contributed by atoms with Crippen molar-refractivity contribution in [1.82, 2.24) is 4.98 Å². The van der Waals surface area contributed by atoms with E-state index in [1.807, 2.05) is 0 Å². The van der Waals surface area contributed by atoms with Crippen LogP contribution >= 0.6 is 0 Å². The zero-order valence-electron chi connectivity index (χ0n) is 10.0. The van der Waals surface area contributed by atoms with Crippen LogP contribution in [0.2, 0.25) is 0 Å². The number of nitrogens with one attached hydrogen (secondary N) is 1. The van der Waals surface area contributed by atoms with Gasteiger partial charge in [0.25, 0.3) is 10.0 Å². The Hall–Kier alpha value is -2.61. The van der Waals surface area contributed by atoms with Crippen LogP contribution in [-0.4, -0.2) is 29.6 Å². The molecule has 3 N–H and O–H groups in total. The number of hydrogen-bond donors (Lipinski definition) is 3. The van der Waals surface area contributed by atoms with E-state index in [-0.39, 0.29) is 22.0 Å². The van der Waals surface area contributed by atoms with Gasteiger partial charge in [0.1, 0.15) is 5.75 Å². The lowest BCUT2D eigenvalue weighted by Gasteiger charge is -2.07. The number of benzene rings is 1. The Morgan fingerprint density at radius 2 is 1.95 bits per heavy atom. The maximum Gasteiger partial charge on any atom is 0.337 e. The molecule has 0 aliphatic carbocycles. The number of hydrogen-bond acceptors (Lipinski definition) is 5. The molecule has 2 rings (SSSR count). The maximum atomic E-state index is 12.0. The molecule has 0 fully saturated rings. The second kappa shape index (κ2) is 5.17. The minimum atomic E-state index is -3.94. The molecule has 0 atom stereocenters. The first-order chi connectivity index (χ1) is 9.38. The van der Waals surface area contributed by atoms with Gasteiger partial charge in [-0.25, -0.2) is 9.78 Å². The number of carboxylic acids is 1. The lowest BCUT2D eigenvalue weighted by molar-refractivity contribution is 0.0696. The van der Waals surface area contributed by atoms with Gasteiger partial charge in [0.15, 0.2) is 5.03 Å². The van der Waals surface area contributed by atoms with Gasteiger partial charge in [-0.3, -0.25) is 4.72 Å². The fourth-order valence-corrected chi connectivity index (χ4v) is 2.42. The molecule has 0 saturated carbocycles. The summed E-state index contributed by atoms with van der Waals surface area (Å²) < 4.78 is 26.2. The predicted molar refractivity (Wildman–Crippen MR) is 70.1 cm³/mol. The van der Waals surface area contributed by atoms with Crippen molar-refractivity contribution in [2.75, 3.05) is 4.72 Å². The van der Waals surface area contributed by atoms with E-state index in [1.165, 1.54) is 24.3 Å². The zero-order valence-corrected chi connectivity index (χ0v) is 10.8. The number of aromatic nitrogens is 1. The third-order valence-corrected chi connectivity index (χ3v) is 3.65. The number of carbonyl (C=O) groups is 1. The Labute approximate surface area is 114 Å². The highest BCUT2D eigenvalue weighted by Crippen LogP contribution is 2.19. The molecule has 0 aliphatic rings. The van der Waals surface area contributed by atoms with Crippen LogP contribution in [0.5, 0.6) is 5.75 Å². The molecule has 0 spiro atoms. The number of nitrogens with zero attached hydrogens (tertiary/aromatic N) is 1. The third-order valence-electron chi connectivity index (χ3n) is 2.36. The summed E-state index contributed by atoms with van der Waals surface area (Å²) >= 11 is 0. The van der Waals surface area contributed by atoms with Gasteiger partial charge in [-0.1, -0.05) is 6.07 Å². The molecule has 104 valence electrons. The SMILES string of the molecule is O=C(O)c1ccc(S(=O)(=O)Nc2cccc(O)c2)nc1. The van der Waals surface area contributed by atoms with E-state index in [0.29, 0.717) is 0 Å². The van der Waals surface area contributed by atoms with Crippen LogP contribution in [0.3, 0.4) is 0 Å². The van der Waals surface area contributed by atoms with Crippen molar-refractivity contribution in [1.29, 1.82) is 0 Å². The van der Waals surface area contributed by atoms with Crippen molar-refractivity contribution in [3.05, 3.63) is 48.2 Å². The average Bonchev–Trinajstić information content (AvgIpc) is 2.38. The molecule has 0 amide bonds. The van der Waals surface area contributed by atoms with Crippen LogP contribution in [0, 0.1) is 0 Å². The first kappa shape index (κ1) is 13.8. The monoisotopic (exact) mass is 294 g/mol. The highest BCUT2D eigenvalue weighted by molar-refractivity contribution is 7.92. The molecule has 1 aromatic carbocycles. The Kier molecular flexibility index (Phi) is 3.57. The van der Waals surface area contributed by atoms with Crippen LogP contribution in [-0.2, 0) is 10.0 Å². The van der Waals surface area contributed by atoms with E-state index in [9.17, 15) is 18.3 Å². The predicted octanol–water partition coefficient (Wildman–Crippen LogP) is 1.29. The minimum absolute atomic E-state index is 0.0839. The normalized spacial score (nSPS) is 11.0. The molecule has 1 heterocycles. The number of aromatic hydroxyl groups is 1. The second-order valence-corrected chi connectivity index (χ2v) is 5.48. The van der Waals surface area contributed by atoms with Gasteiger partial charge < -0.3 is 10.2 Å². The summed E-state index contributed by atoms with van der Waals surface area (Å²) in [6, 6.07) is 7.82. The highest BCUT2D eigenvalue weighted by Gasteiger charge is 2.16. The molecule has 0 bridgehead atoms. The Morgan fingerprint density at radius 1 is 1.20 bits per heavy atom. The number of carboxylic acid groups (broad SMARTS) is 1.